The molecule has 6 nitrogen and oxygen atoms in total. The van der Waals surface area contributed by atoms with Crippen LogP contribution in [0.5, 0.6) is 0 Å². The number of carbonyl (C=O) groups is 3. The molecule has 2 amide bonds. The second-order valence-corrected chi connectivity index (χ2v) is 7.03. The van der Waals surface area contributed by atoms with Crippen LogP contribution in [0.25, 0.3) is 0 Å². The number of thiophene rings is 1. The quantitative estimate of drug-likeness (QED) is 0.809. The van der Waals surface area contributed by atoms with Crippen molar-refractivity contribution in [1.29, 1.82) is 0 Å². The molecule has 1 aliphatic carbocycles. The van der Waals surface area contributed by atoms with Gasteiger partial charge in [-0.1, -0.05) is 0 Å². The summed E-state index contributed by atoms with van der Waals surface area (Å²) in [5.74, 6) is -1.08. The molecule has 0 radical (unpaired) electrons. The van der Waals surface area contributed by atoms with Crippen molar-refractivity contribution in [3.8, 4) is 0 Å². The fraction of sp³-hybridized carbons (Fsp3) is 0.562. The second kappa shape index (κ2) is 7.12. The number of hydrogen-bond acceptors (Lipinski definition) is 5. The fourth-order valence-electron chi connectivity index (χ4n) is 2.94. The van der Waals surface area contributed by atoms with Gasteiger partial charge in [0, 0.05) is 11.4 Å². The van der Waals surface area contributed by atoms with Crippen LogP contribution in [0.15, 0.2) is 6.07 Å². The molecule has 1 aliphatic heterocycles. The van der Waals surface area contributed by atoms with E-state index in [0.29, 0.717) is 17.8 Å². The maximum Gasteiger partial charge on any atom is 0.348 e. The Labute approximate surface area is 138 Å². The first-order valence-electron chi connectivity index (χ1n) is 7.99. The Morgan fingerprint density at radius 3 is 3.00 bits per heavy atom. The van der Waals surface area contributed by atoms with Gasteiger partial charge in [0.25, 0.3) is 5.91 Å². The van der Waals surface area contributed by atoms with Gasteiger partial charge >= 0.3 is 5.97 Å². The predicted octanol–water partition coefficient (Wildman–Crippen LogP) is 1.18. The van der Waals surface area contributed by atoms with Crippen LogP contribution < -0.4 is 10.6 Å². The summed E-state index contributed by atoms with van der Waals surface area (Å²) in [6.45, 7) is 0.286. The lowest BCUT2D eigenvalue weighted by molar-refractivity contribution is -0.130. The first-order valence-corrected chi connectivity index (χ1v) is 8.81. The highest BCUT2D eigenvalue weighted by molar-refractivity contribution is 7.14. The lowest BCUT2D eigenvalue weighted by Gasteiger charge is -2.14. The maximum absolute atomic E-state index is 12.0. The number of aryl methyl sites for hydroxylation is 2. The molecule has 1 unspecified atom stereocenters. The smallest absolute Gasteiger partial charge is 0.348 e. The summed E-state index contributed by atoms with van der Waals surface area (Å²) < 4.78 is 5.06. The molecule has 124 valence electrons. The third-order valence-electron chi connectivity index (χ3n) is 4.15. The third-order valence-corrected chi connectivity index (χ3v) is 5.37. The Balaban J connectivity index is 1.48. The van der Waals surface area contributed by atoms with E-state index in [4.69, 9.17) is 4.74 Å². The van der Waals surface area contributed by atoms with E-state index in [0.717, 1.165) is 32.1 Å². The summed E-state index contributed by atoms with van der Waals surface area (Å²) >= 11 is 1.45. The van der Waals surface area contributed by atoms with Gasteiger partial charge in [0.15, 0.2) is 6.61 Å². The largest absolute Gasteiger partial charge is 0.451 e. The number of nitrogens with one attached hydrogen (secondary N) is 2. The van der Waals surface area contributed by atoms with Gasteiger partial charge in [-0.15, -0.1) is 11.3 Å². The number of rotatable bonds is 4. The van der Waals surface area contributed by atoms with E-state index >= 15 is 0 Å². The fourth-order valence-corrected chi connectivity index (χ4v) is 4.09. The van der Waals surface area contributed by atoms with Crippen LogP contribution in [-0.4, -0.2) is 37.0 Å². The van der Waals surface area contributed by atoms with Gasteiger partial charge in [-0.3, -0.25) is 9.59 Å². The first-order chi connectivity index (χ1) is 11.1. The Kier molecular flexibility index (Phi) is 4.95. The maximum atomic E-state index is 12.0. The van der Waals surface area contributed by atoms with Crippen molar-refractivity contribution in [2.75, 3.05) is 13.2 Å². The molecule has 1 aromatic rings. The van der Waals surface area contributed by atoms with E-state index < -0.39 is 17.9 Å². The van der Waals surface area contributed by atoms with Gasteiger partial charge in [0.2, 0.25) is 5.91 Å². The molecule has 2 heterocycles. The summed E-state index contributed by atoms with van der Waals surface area (Å²) in [6, 6.07) is 1.33. The molecule has 23 heavy (non-hydrogen) atoms. The van der Waals surface area contributed by atoms with E-state index in [2.05, 4.69) is 10.6 Å². The van der Waals surface area contributed by atoms with Gasteiger partial charge in [-0.25, -0.2) is 4.79 Å². The molecule has 0 aromatic carbocycles. The summed E-state index contributed by atoms with van der Waals surface area (Å²) in [4.78, 5) is 37.4. The molecule has 1 atom stereocenters. The Bertz CT molecular complexity index is 604. The Morgan fingerprint density at radius 2 is 2.17 bits per heavy atom. The van der Waals surface area contributed by atoms with Crippen molar-refractivity contribution in [3.05, 3.63) is 21.4 Å². The molecule has 3 rings (SSSR count). The molecule has 2 N–H and O–H groups in total. The third kappa shape index (κ3) is 3.90. The van der Waals surface area contributed by atoms with Crippen molar-refractivity contribution in [1.82, 2.24) is 10.6 Å². The lowest BCUT2D eigenvalue weighted by Crippen LogP contribution is -2.46. The molecule has 0 bridgehead atoms. The molecule has 2 aliphatic rings. The van der Waals surface area contributed by atoms with Crippen LogP contribution in [0.1, 0.15) is 45.8 Å². The van der Waals surface area contributed by atoms with Gasteiger partial charge in [0.05, 0.1) is 0 Å². The number of hydrogen-bond donors (Lipinski definition) is 2. The van der Waals surface area contributed by atoms with Crippen molar-refractivity contribution in [3.63, 3.8) is 0 Å². The van der Waals surface area contributed by atoms with Gasteiger partial charge < -0.3 is 15.4 Å². The minimum atomic E-state index is -0.533. The highest BCUT2D eigenvalue weighted by Crippen LogP contribution is 2.30. The average Bonchev–Trinajstić information content (AvgIpc) is 3.07. The summed E-state index contributed by atoms with van der Waals surface area (Å²) in [5, 5.41) is 5.38. The zero-order valence-corrected chi connectivity index (χ0v) is 13.7. The minimum Gasteiger partial charge on any atom is -0.451 e. The Hall–Kier alpha value is -1.89. The second-order valence-electron chi connectivity index (χ2n) is 5.90. The van der Waals surface area contributed by atoms with Crippen LogP contribution in [-0.2, 0) is 27.2 Å². The number of esters is 1. The van der Waals surface area contributed by atoms with Gasteiger partial charge in [-0.05, 0) is 50.2 Å². The van der Waals surface area contributed by atoms with E-state index in [1.54, 1.807) is 0 Å². The number of carbonyl (C=O) groups excluding carboxylic acids is 3. The highest BCUT2D eigenvalue weighted by Gasteiger charge is 2.24. The van der Waals surface area contributed by atoms with Crippen LogP contribution >= 0.6 is 11.3 Å². The molecular weight excluding hydrogens is 316 g/mol. The Morgan fingerprint density at radius 1 is 1.30 bits per heavy atom. The summed E-state index contributed by atoms with van der Waals surface area (Å²) in [5.41, 5.74) is 1.22. The molecule has 1 aromatic heterocycles. The van der Waals surface area contributed by atoms with Gasteiger partial charge in [-0.2, -0.15) is 0 Å². The zero-order valence-electron chi connectivity index (χ0n) is 12.9. The van der Waals surface area contributed by atoms with Crippen molar-refractivity contribution in [2.24, 2.45) is 0 Å². The van der Waals surface area contributed by atoms with Crippen molar-refractivity contribution < 1.29 is 19.1 Å². The molecule has 1 saturated heterocycles. The van der Waals surface area contributed by atoms with Crippen molar-refractivity contribution >= 4 is 29.1 Å². The van der Waals surface area contributed by atoms with E-state index in [-0.39, 0.29) is 12.5 Å². The molecule has 1 fully saturated rings. The monoisotopic (exact) mass is 336 g/mol. The van der Waals surface area contributed by atoms with E-state index in [1.165, 1.54) is 21.8 Å². The predicted molar refractivity (Wildman–Crippen MR) is 85.4 cm³/mol. The van der Waals surface area contributed by atoms with Crippen LogP contribution in [0.4, 0.5) is 0 Å². The normalized spacial score (nSPS) is 20.3. The number of amides is 2. The molecule has 0 spiro atoms. The topological polar surface area (TPSA) is 84.5 Å². The van der Waals surface area contributed by atoms with Gasteiger partial charge in [0.1, 0.15) is 10.9 Å². The highest BCUT2D eigenvalue weighted by atomic mass is 32.1. The lowest BCUT2D eigenvalue weighted by atomic mass is 10.1. The average molecular weight is 336 g/mol. The van der Waals surface area contributed by atoms with E-state index in [1.807, 2.05) is 6.07 Å². The molecular formula is C16H20N2O4S. The minimum absolute atomic E-state index is 0.170. The van der Waals surface area contributed by atoms with Crippen LogP contribution in [0.2, 0.25) is 0 Å². The van der Waals surface area contributed by atoms with Crippen LogP contribution in [0, 0.1) is 0 Å². The number of fused-ring (bicyclic) bond motifs is 1. The van der Waals surface area contributed by atoms with Crippen LogP contribution in [0.3, 0.4) is 0 Å². The number of ether oxygens (including phenoxy) is 1. The van der Waals surface area contributed by atoms with E-state index in [9.17, 15) is 14.4 Å². The first kappa shape index (κ1) is 16.0. The standard InChI is InChI=1S/C16H20N2O4S/c19-14(18-11-5-1-2-7-17-15(11)20)9-22-16(21)13-8-10-4-3-6-12(10)23-13/h8,11H,1-7,9H2,(H,17,20)(H,18,19). The summed E-state index contributed by atoms with van der Waals surface area (Å²) in [7, 11) is 0. The summed E-state index contributed by atoms with van der Waals surface area (Å²) in [6.07, 6.45) is 5.58. The zero-order chi connectivity index (χ0) is 16.2. The van der Waals surface area contributed by atoms with Crippen molar-refractivity contribution in [2.45, 2.75) is 44.6 Å². The SMILES string of the molecule is O=C(COC(=O)c1cc2c(s1)CCC2)NC1CCCCNC1=O. The molecule has 7 heteroatoms. The molecule has 0 saturated carbocycles.